The van der Waals surface area contributed by atoms with Crippen molar-refractivity contribution in [3.8, 4) is 0 Å². The maximum Gasteiger partial charge on any atom is 0.320 e. The quantitative estimate of drug-likeness (QED) is 0.566. The van der Waals surface area contributed by atoms with Crippen molar-refractivity contribution in [2.45, 2.75) is 26.8 Å². The Morgan fingerprint density at radius 3 is 1.94 bits per heavy atom. The summed E-state index contributed by atoms with van der Waals surface area (Å²) in [6.07, 6.45) is 0. The minimum absolute atomic E-state index is 0.499. The molecule has 0 unspecified atom stereocenters. The van der Waals surface area contributed by atoms with Gasteiger partial charge in [0.1, 0.15) is 6.04 Å². The Kier molecular flexibility index (Phi) is 9.18. The number of ether oxygens (including phenoxy) is 2. The number of carbonyl (C=O) groups is 1. The van der Waals surface area contributed by atoms with Crippen molar-refractivity contribution in [1.29, 1.82) is 0 Å². The highest BCUT2D eigenvalue weighted by atomic mass is 16.5. The van der Waals surface area contributed by atoms with Gasteiger partial charge in [0.05, 0.1) is 13.2 Å². The zero-order valence-corrected chi connectivity index (χ0v) is 10.4. The fourth-order valence-electron chi connectivity index (χ4n) is 1.31. The van der Waals surface area contributed by atoms with Gasteiger partial charge in [-0.2, -0.15) is 0 Å². The minimum Gasteiger partial charge on any atom is -0.480 e. The number of hydrogen-bond donors (Lipinski definition) is 1. The van der Waals surface area contributed by atoms with Crippen molar-refractivity contribution in [2.24, 2.45) is 0 Å². The van der Waals surface area contributed by atoms with Crippen molar-refractivity contribution in [1.82, 2.24) is 4.90 Å². The molecular weight excluding hydrogens is 210 g/mol. The Morgan fingerprint density at radius 1 is 1.19 bits per heavy atom. The Morgan fingerprint density at radius 2 is 1.62 bits per heavy atom. The van der Waals surface area contributed by atoms with E-state index in [1.165, 1.54) is 0 Å². The highest BCUT2D eigenvalue weighted by Gasteiger charge is 2.19. The van der Waals surface area contributed by atoms with Crippen LogP contribution in [-0.4, -0.2) is 61.5 Å². The zero-order valence-electron chi connectivity index (χ0n) is 10.4. The number of nitrogens with zero attached hydrogens (tertiary/aromatic N) is 1. The van der Waals surface area contributed by atoms with Crippen molar-refractivity contribution in [3.05, 3.63) is 0 Å². The molecule has 0 bridgehead atoms. The van der Waals surface area contributed by atoms with Crippen LogP contribution in [-0.2, 0) is 14.3 Å². The van der Waals surface area contributed by atoms with Crippen molar-refractivity contribution in [3.63, 3.8) is 0 Å². The lowest BCUT2D eigenvalue weighted by atomic mass is 10.3. The molecule has 16 heavy (non-hydrogen) atoms. The summed E-state index contributed by atoms with van der Waals surface area (Å²) < 4.78 is 10.4. The summed E-state index contributed by atoms with van der Waals surface area (Å²) in [5.41, 5.74) is 0. The summed E-state index contributed by atoms with van der Waals surface area (Å²) in [7, 11) is 0. The predicted octanol–water partition coefficient (Wildman–Crippen LogP) is 0.835. The molecule has 0 fully saturated rings. The summed E-state index contributed by atoms with van der Waals surface area (Å²) in [5.74, 6) is -0.812. The number of carboxylic acids is 1. The molecule has 5 nitrogen and oxygen atoms in total. The van der Waals surface area contributed by atoms with E-state index in [-0.39, 0.29) is 0 Å². The SMILES string of the molecule is CCOCCN(CCOCC)[C@H](C)C(=O)O. The molecule has 0 amide bonds. The van der Waals surface area contributed by atoms with E-state index in [2.05, 4.69) is 0 Å². The van der Waals surface area contributed by atoms with Gasteiger partial charge in [-0.25, -0.2) is 0 Å². The van der Waals surface area contributed by atoms with Gasteiger partial charge >= 0.3 is 5.97 Å². The van der Waals surface area contributed by atoms with Crippen LogP contribution in [0.25, 0.3) is 0 Å². The van der Waals surface area contributed by atoms with E-state index in [0.29, 0.717) is 39.5 Å². The van der Waals surface area contributed by atoms with Crippen LogP contribution in [0.2, 0.25) is 0 Å². The topological polar surface area (TPSA) is 59.0 Å². The average molecular weight is 233 g/mol. The summed E-state index contributed by atoms with van der Waals surface area (Å²) in [5, 5.41) is 8.94. The van der Waals surface area contributed by atoms with Crippen LogP contribution in [0.15, 0.2) is 0 Å². The lowest BCUT2D eigenvalue weighted by molar-refractivity contribution is -0.143. The van der Waals surface area contributed by atoms with E-state index in [4.69, 9.17) is 14.6 Å². The first kappa shape index (κ1) is 15.3. The van der Waals surface area contributed by atoms with Gasteiger partial charge in [0, 0.05) is 26.3 Å². The van der Waals surface area contributed by atoms with Gasteiger partial charge in [0.15, 0.2) is 0 Å². The smallest absolute Gasteiger partial charge is 0.320 e. The molecule has 1 atom stereocenters. The van der Waals surface area contributed by atoms with E-state index < -0.39 is 12.0 Å². The third-order valence-corrected chi connectivity index (χ3v) is 2.36. The van der Waals surface area contributed by atoms with Gasteiger partial charge in [-0.1, -0.05) is 0 Å². The summed E-state index contributed by atoms with van der Waals surface area (Å²) in [6.45, 7) is 9.18. The van der Waals surface area contributed by atoms with Crippen LogP contribution in [0, 0.1) is 0 Å². The molecule has 0 aliphatic rings. The van der Waals surface area contributed by atoms with E-state index in [1.807, 2.05) is 18.7 Å². The minimum atomic E-state index is -0.812. The molecule has 0 aromatic carbocycles. The largest absolute Gasteiger partial charge is 0.480 e. The highest BCUT2D eigenvalue weighted by Crippen LogP contribution is 1.99. The van der Waals surface area contributed by atoms with Gasteiger partial charge in [-0.05, 0) is 20.8 Å². The molecule has 0 rings (SSSR count). The predicted molar refractivity (Wildman–Crippen MR) is 61.7 cm³/mol. The van der Waals surface area contributed by atoms with E-state index >= 15 is 0 Å². The normalized spacial score (nSPS) is 13.0. The third-order valence-electron chi connectivity index (χ3n) is 2.36. The molecule has 0 aromatic rings. The van der Waals surface area contributed by atoms with Crippen LogP contribution in [0.3, 0.4) is 0 Å². The van der Waals surface area contributed by atoms with Gasteiger partial charge in [0.25, 0.3) is 0 Å². The molecule has 0 radical (unpaired) electrons. The molecule has 0 spiro atoms. The summed E-state index contributed by atoms with van der Waals surface area (Å²) in [4.78, 5) is 12.7. The summed E-state index contributed by atoms with van der Waals surface area (Å²) >= 11 is 0. The number of rotatable bonds is 10. The van der Waals surface area contributed by atoms with Crippen LogP contribution in [0.1, 0.15) is 20.8 Å². The molecule has 1 N–H and O–H groups in total. The number of carboxylic acid groups (broad SMARTS) is 1. The molecule has 0 aliphatic carbocycles. The molecule has 0 saturated heterocycles. The molecule has 0 aliphatic heterocycles. The van der Waals surface area contributed by atoms with Gasteiger partial charge in [0.2, 0.25) is 0 Å². The molecule has 96 valence electrons. The van der Waals surface area contributed by atoms with Crippen LogP contribution in [0.4, 0.5) is 0 Å². The van der Waals surface area contributed by atoms with E-state index in [0.717, 1.165) is 0 Å². The van der Waals surface area contributed by atoms with Crippen molar-refractivity contribution >= 4 is 5.97 Å². The van der Waals surface area contributed by atoms with Crippen molar-refractivity contribution in [2.75, 3.05) is 39.5 Å². The van der Waals surface area contributed by atoms with Gasteiger partial charge in [-0.3, -0.25) is 9.69 Å². The first-order valence-corrected chi connectivity index (χ1v) is 5.75. The summed E-state index contributed by atoms with van der Waals surface area (Å²) in [6, 6.07) is -0.499. The fourth-order valence-corrected chi connectivity index (χ4v) is 1.31. The Balaban J connectivity index is 3.99. The maximum absolute atomic E-state index is 10.9. The monoisotopic (exact) mass is 233 g/mol. The second-order valence-electron chi connectivity index (χ2n) is 3.44. The van der Waals surface area contributed by atoms with Crippen molar-refractivity contribution < 1.29 is 19.4 Å². The molecule has 0 aromatic heterocycles. The second kappa shape index (κ2) is 9.57. The van der Waals surface area contributed by atoms with E-state index in [9.17, 15) is 4.79 Å². The molecule has 0 heterocycles. The molecule has 0 saturated carbocycles. The van der Waals surface area contributed by atoms with Crippen LogP contribution in [0.5, 0.6) is 0 Å². The average Bonchev–Trinajstić information content (AvgIpc) is 2.26. The second-order valence-corrected chi connectivity index (χ2v) is 3.44. The Hall–Kier alpha value is -0.650. The van der Waals surface area contributed by atoms with Crippen LogP contribution < -0.4 is 0 Å². The Labute approximate surface area is 97.3 Å². The lowest BCUT2D eigenvalue weighted by Crippen LogP contribution is -2.42. The van der Waals surface area contributed by atoms with E-state index in [1.54, 1.807) is 6.92 Å². The first-order valence-electron chi connectivity index (χ1n) is 5.75. The lowest BCUT2D eigenvalue weighted by Gasteiger charge is -2.25. The molecule has 5 heteroatoms. The Bertz CT molecular complexity index is 177. The zero-order chi connectivity index (χ0) is 12.4. The fraction of sp³-hybridized carbons (Fsp3) is 0.909. The first-order chi connectivity index (χ1) is 7.63. The third kappa shape index (κ3) is 6.76. The van der Waals surface area contributed by atoms with Crippen LogP contribution >= 0.6 is 0 Å². The standard InChI is InChI=1S/C11H23NO4/c1-4-15-8-6-12(7-9-16-5-2)10(3)11(13)14/h10H,4-9H2,1-3H3,(H,13,14)/t10-/m1/s1. The van der Waals surface area contributed by atoms with Gasteiger partial charge in [-0.15, -0.1) is 0 Å². The van der Waals surface area contributed by atoms with Gasteiger partial charge < -0.3 is 14.6 Å². The molecular formula is C11H23NO4. The number of aliphatic carboxylic acids is 1. The number of hydrogen-bond acceptors (Lipinski definition) is 4. The maximum atomic E-state index is 10.9. The highest BCUT2D eigenvalue weighted by molar-refractivity contribution is 5.72.